The minimum Gasteiger partial charge on any atom is -0.493 e. The van der Waals surface area contributed by atoms with Crippen LogP contribution in [0.5, 0.6) is 11.5 Å². The van der Waals surface area contributed by atoms with Gasteiger partial charge in [-0.25, -0.2) is 4.99 Å². The van der Waals surface area contributed by atoms with Crippen molar-refractivity contribution in [2.45, 2.75) is 32.9 Å². The number of nitrogens with one attached hydrogen (secondary N) is 2. The lowest BCUT2D eigenvalue weighted by atomic mass is 10.1. The summed E-state index contributed by atoms with van der Waals surface area (Å²) in [6.45, 7) is 13.9. The molecule has 1 fully saturated rings. The van der Waals surface area contributed by atoms with Gasteiger partial charge in [0.05, 0.1) is 34.0 Å². The largest absolute Gasteiger partial charge is 0.493 e. The first-order chi connectivity index (χ1) is 14.1. The second-order valence-corrected chi connectivity index (χ2v) is 7.06. The van der Waals surface area contributed by atoms with Crippen LogP contribution in [-0.2, 0) is 17.7 Å². The Bertz CT molecular complexity index is 679. The highest BCUT2D eigenvalue weighted by Gasteiger charge is 2.17. The molecule has 0 spiro atoms. The maximum absolute atomic E-state index is 5.51. The normalized spacial score (nSPS) is 15.7. The topological polar surface area (TPSA) is 67.4 Å². The number of ether oxygens (including phenoxy) is 3. The van der Waals surface area contributed by atoms with Crippen LogP contribution in [-0.4, -0.2) is 70.5 Å². The first-order valence-electron chi connectivity index (χ1n) is 10.3. The summed E-state index contributed by atoms with van der Waals surface area (Å²) in [4.78, 5) is 7.20. The third kappa shape index (κ3) is 7.96. The van der Waals surface area contributed by atoms with Gasteiger partial charge in [-0.15, -0.1) is 30.6 Å². The molecule has 1 aromatic rings. The maximum Gasteiger partial charge on any atom is 0.191 e. The molecule has 1 aromatic carbocycles. The average Bonchev–Trinajstić information content (AvgIpc) is 2.75. The SMILES string of the molecule is C=CCc1cc(CN=C(NCC)NCC(C)N2CCOCC2)cc(OC)c1OC.I. The second-order valence-electron chi connectivity index (χ2n) is 7.06. The van der Waals surface area contributed by atoms with E-state index in [0.29, 0.717) is 19.0 Å². The highest BCUT2D eigenvalue weighted by atomic mass is 127. The van der Waals surface area contributed by atoms with Gasteiger partial charge >= 0.3 is 0 Å². The third-order valence-corrected chi connectivity index (χ3v) is 4.98. The van der Waals surface area contributed by atoms with E-state index in [4.69, 9.17) is 19.2 Å². The molecule has 0 radical (unpaired) electrons. The molecule has 7 nitrogen and oxygen atoms in total. The summed E-state index contributed by atoms with van der Waals surface area (Å²) in [7, 11) is 3.31. The molecule has 30 heavy (non-hydrogen) atoms. The fraction of sp³-hybridized carbons (Fsp3) is 0.591. The van der Waals surface area contributed by atoms with Crippen molar-refractivity contribution >= 4 is 29.9 Å². The smallest absolute Gasteiger partial charge is 0.191 e. The molecule has 2 N–H and O–H groups in total. The Morgan fingerprint density at radius 1 is 1.27 bits per heavy atom. The van der Waals surface area contributed by atoms with E-state index >= 15 is 0 Å². The van der Waals surface area contributed by atoms with Crippen LogP contribution in [0.15, 0.2) is 29.8 Å². The van der Waals surface area contributed by atoms with Gasteiger partial charge in [0.15, 0.2) is 17.5 Å². The van der Waals surface area contributed by atoms with Crippen LogP contribution in [0.3, 0.4) is 0 Å². The monoisotopic (exact) mass is 532 g/mol. The van der Waals surface area contributed by atoms with E-state index < -0.39 is 0 Å². The summed E-state index contributed by atoms with van der Waals surface area (Å²) in [5, 5.41) is 6.79. The molecule has 1 heterocycles. The molecule has 170 valence electrons. The van der Waals surface area contributed by atoms with Crippen molar-refractivity contribution < 1.29 is 14.2 Å². The third-order valence-electron chi connectivity index (χ3n) is 4.98. The van der Waals surface area contributed by atoms with Gasteiger partial charge in [0.2, 0.25) is 0 Å². The van der Waals surface area contributed by atoms with Crippen molar-refractivity contribution in [1.29, 1.82) is 0 Å². The van der Waals surface area contributed by atoms with Crippen LogP contribution in [0.1, 0.15) is 25.0 Å². The van der Waals surface area contributed by atoms with Crippen molar-refractivity contribution in [3.63, 3.8) is 0 Å². The summed E-state index contributed by atoms with van der Waals surface area (Å²) in [5.74, 6) is 2.29. The van der Waals surface area contributed by atoms with Crippen LogP contribution in [0.25, 0.3) is 0 Å². The first-order valence-corrected chi connectivity index (χ1v) is 10.3. The fourth-order valence-corrected chi connectivity index (χ4v) is 3.41. The zero-order valence-electron chi connectivity index (χ0n) is 18.7. The number of benzene rings is 1. The van der Waals surface area contributed by atoms with E-state index in [1.165, 1.54) is 0 Å². The molecule has 0 bridgehead atoms. The molecule has 1 unspecified atom stereocenters. The number of rotatable bonds is 10. The van der Waals surface area contributed by atoms with Crippen LogP contribution >= 0.6 is 24.0 Å². The molecular formula is C22H37IN4O3. The molecule has 1 atom stereocenters. The fourth-order valence-electron chi connectivity index (χ4n) is 3.41. The van der Waals surface area contributed by atoms with E-state index in [9.17, 15) is 0 Å². The Hall–Kier alpha value is -1.52. The maximum atomic E-state index is 5.51. The number of halogens is 1. The standard InChI is InChI=1S/C22H36N4O3.HI/c1-6-8-19-13-18(14-20(27-4)21(19)28-5)16-25-22(23-7-2)24-15-17(3)26-9-11-29-12-10-26;/h6,13-14,17H,1,7-12,15-16H2,2-5H3,(H2,23,24,25);1H. The molecule has 1 saturated heterocycles. The van der Waals surface area contributed by atoms with Crippen molar-refractivity contribution in [1.82, 2.24) is 15.5 Å². The lowest BCUT2D eigenvalue weighted by Crippen LogP contribution is -2.49. The van der Waals surface area contributed by atoms with Crippen molar-refractivity contribution in [2.24, 2.45) is 4.99 Å². The molecule has 0 amide bonds. The van der Waals surface area contributed by atoms with Crippen molar-refractivity contribution in [3.05, 3.63) is 35.9 Å². The molecule has 1 aliphatic heterocycles. The van der Waals surface area contributed by atoms with Gasteiger partial charge in [-0.2, -0.15) is 0 Å². The van der Waals surface area contributed by atoms with E-state index in [2.05, 4.69) is 42.0 Å². The van der Waals surface area contributed by atoms with Crippen LogP contribution < -0.4 is 20.1 Å². The quantitative estimate of drug-likeness (QED) is 0.209. The van der Waals surface area contributed by atoms with Crippen LogP contribution in [0, 0.1) is 0 Å². The lowest BCUT2D eigenvalue weighted by Gasteiger charge is -2.32. The van der Waals surface area contributed by atoms with Crippen molar-refractivity contribution in [3.8, 4) is 11.5 Å². The minimum atomic E-state index is 0. The number of allylic oxidation sites excluding steroid dienone is 1. The second kappa shape index (κ2) is 14.5. The predicted octanol–water partition coefficient (Wildman–Crippen LogP) is 2.83. The molecule has 2 rings (SSSR count). The van der Waals surface area contributed by atoms with Crippen LogP contribution in [0.2, 0.25) is 0 Å². The molecule has 0 saturated carbocycles. The van der Waals surface area contributed by atoms with E-state index in [-0.39, 0.29) is 24.0 Å². The van der Waals surface area contributed by atoms with Gasteiger partial charge in [0, 0.05) is 37.8 Å². The zero-order valence-corrected chi connectivity index (χ0v) is 21.0. The predicted molar refractivity (Wildman–Crippen MR) is 134 cm³/mol. The summed E-state index contributed by atoms with van der Waals surface area (Å²) in [5.41, 5.74) is 2.11. The summed E-state index contributed by atoms with van der Waals surface area (Å²) >= 11 is 0. The highest BCUT2D eigenvalue weighted by Crippen LogP contribution is 2.33. The Balaban J connectivity index is 0.00000450. The van der Waals surface area contributed by atoms with E-state index in [0.717, 1.165) is 68.0 Å². The first kappa shape index (κ1) is 26.5. The van der Waals surface area contributed by atoms with Gasteiger partial charge in [0.1, 0.15) is 0 Å². The Labute approximate surface area is 198 Å². The van der Waals surface area contributed by atoms with Gasteiger partial charge in [-0.1, -0.05) is 6.08 Å². The molecular weight excluding hydrogens is 495 g/mol. The molecule has 0 aliphatic carbocycles. The number of methoxy groups -OCH3 is 2. The number of hydrogen-bond acceptors (Lipinski definition) is 5. The van der Waals surface area contributed by atoms with Crippen molar-refractivity contribution in [2.75, 3.05) is 53.6 Å². The van der Waals surface area contributed by atoms with Gasteiger partial charge < -0.3 is 24.8 Å². The lowest BCUT2D eigenvalue weighted by molar-refractivity contribution is 0.0211. The summed E-state index contributed by atoms with van der Waals surface area (Å²) in [6.07, 6.45) is 2.58. The number of aliphatic imine (C=N–C) groups is 1. The Kier molecular flexibility index (Phi) is 12.8. The minimum absolute atomic E-state index is 0. The zero-order chi connectivity index (χ0) is 21.1. The van der Waals surface area contributed by atoms with Crippen LogP contribution in [0.4, 0.5) is 0 Å². The molecule has 0 aromatic heterocycles. The van der Waals surface area contributed by atoms with E-state index in [1.807, 2.05) is 12.1 Å². The average molecular weight is 532 g/mol. The van der Waals surface area contributed by atoms with E-state index in [1.54, 1.807) is 14.2 Å². The molecule has 1 aliphatic rings. The van der Waals surface area contributed by atoms with Gasteiger partial charge in [-0.3, -0.25) is 4.90 Å². The summed E-state index contributed by atoms with van der Waals surface area (Å²) < 4.78 is 16.5. The number of guanidine groups is 1. The summed E-state index contributed by atoms with van der Waals surface area (Å²) in [6, 6.07) is 4.50. The number of hydrogen-bond donors (Lipinski definition) is 2. The number of nitrogens with zero attached hydrogens (tertiary/aromatic N) is 2. The Morgan fingerprint density at radius 2 is 2.00 bits per heavy atom. The number of morpholine rings is 1. The van der Waals surface area contributed by atoms with Gasteiger partial charge in [-0.05, 0) is 38.0 Å². The Morgan fingerprint density at radius 3 is 2.60 bits per heavy atom. The van der Waals surface area contributed by atoms with Gasteiger partial charge in [0.25, 0.3) is 0 Å². The highest BCUT2D eigenvalue weighted by molar-refractivity contribution is 14.0. The molecule has 8 heteroatoms.